The second kappa shape index (κ2) is 13.5. The molecular weight excluding hydrogens is 717 g/mol. The quantitative estimate of drug-likeness (QED) is 0.165. The van der Waals surface area contributed by atoms with E-state index >= 15 is 0 Å². The van der Waals surface area contributed by atoms with Gasteiger partial charge in [-0.25, -0.2) is 4.85 Å². The maximum absolute atomic E-state index is 10.1. The third-order valence-corrected chi connectivity index (χ3v) is 12.2. The van der Waals surface area contributed by atoms with Crippen LogP contribution in [-0.4, -0.2) is 9.13 Å². The first-order valence-electron chi connectivity index (χ1n) is 20.9. The summed E-state index contributed by atoms with van der Waals surface area (Å²) in [6, 6.07) is 40.3. The summed E-state index contributed by atoms with van der Waals surface area (Å²) in [7, 11) is 0. The molecule has 0 amide bonds. The molecular formula is C55H56N4. The standard InChI is InChI=1S/C55H56N4/c1-33-23-34(32-56)25-35(24-33)40-30-50(58-46-19-15-36(52(2,3)4)26-41(46)42-27-37(53(5,6)7)16-20-47(42)58)51(31-45(40)57-14)59-48-21-17-38(54(8,9)10)28-43(48)44-29-39(55(11,12)13)18-22-49(44)59/h15-31H,1-13H3. The van der Waals surface area contributed by atoms with Crippen LogP contribution in [0.2, 0.25) is 0 Å². The van der Waals surface area contributed by atoms with Crippen molar-refractivity contribution in [2.75, 3.05) is 0 Å². The maximum Gasteiger partial charge on any atom is 0.197 e. The number of hydrogen-bond donors (Lipinski definition) is 0. The lowest BCUT2D eigenvalue weighted by atomic mass is 9.85. The van der Waals surface area contributed by atoms with E-state index in [1.165, 1.54) is 43.8 Å². The predicted octanol–water partition coefficient (Wildman–Crippen LogP) is 15.5. The average molecular weight is 773 g/mol. The summed E-state index contributed by atoms with van der Waals surface area (Å²) >= 11 is 0. The molecule has 0 fully saturated rings. The van der Waals surface area contributed by atoms with Crippen LogP contribution in [0, 0.1) is 24.8 Å². The van der Waals surface area contributed by atoms with E-state index in [2.05, 4.69) is 194 Å². The topological polar surface area (TPSA) is 38.0 Å². The fourth-order valence-electron chi connectivity index (χ4n) is 8.68. The van der Waals surface area contributed by atoms with Crippen molar-refractivity contribution in [3.05, 3.63) is 148 Å². The Morgan fingerprint density at radius 3 is 1.15 bits per heavy atom. The summed E-state index contributed by atoms with van der Waals surface area (Å²) in [4.78, 5) is 4.22. The largest absolute Gasteiger partial charge is 0.308 e. The Balaban J connectivity index is 1.59. The molecule has 0 aliphatic heterocycles. The van der Waals surface area contributed by atoms with Gasteiger partial charge in [-0.1, -0.05) is 113 Å². The monoisotopic (exact) mass is 772 g/mol. The summed E-state index contributed by atoms with van der Waals surface area (Å²) in [5.74, 6) is 0. The number of hydrogen-bond acceptors (Lipinski definition) is 1. The Kier molecular flexibility index (Phi) is 9.07. The zero-order valence-electron chi connectivity index (χ0n) is 37.1. The number of rotatable bonds is 3. The van der Waals surface area contributed by atoms with E-state index in [4.69, 9.17) is 6.57 Å². The Hall–Kier alpha value is -6.10. The highest BCUT2D eigenvalue weighted by molar-refractivity contribution is 6.12. The van der Waals surface area contributed by atoms with Crippen molar-refractivity contribution < 1.29 is 0 Å². The summed E-state index contributed by atoms with van der Waals surface area (Å²) in [5.41, 5.74) is 15.0. The molecule has 0 aliphatic carbocycles. The Morgan fingerprint density at radius 2 is 0.831 bits per heavy atom. The van der Waals surface area contributed by atoms with E-state index < -0.39 is 0 Å². The van der Waals surface area contributed by atoms with Crippen LogP contribution in [0.4, 0.5) is 5.69 Å². The van der Waals surface area contributed by atoms with Gasteiger partial charge in [0.05, 0.1) is 51.6 Å². The molecule has 59 heavy (non-hydrogen) atoms. The van der Waals surface area contributed by atoms with Gasteiger partial charge in [-0.3, -0.25) is 0 Å². The van der Waals surface area contributed by atoms with Gasteiger partial charge in [-0.15, -0.1) is 0 Å². The summed E-state index contributed by atoms with van der Waals surface area (Å²) in [6.07, 6.45) is 0. The molecule has 296 valence electrons. The molecule has 4 heteroatoms. The summed E-state index contributed by atoms with van der Waals surface area (Å²) in [6.45, 7) is 37.9. The van der Waals surface area contributed by atoms with Crippen LogP contribution in [0.1, 0.15) is 116 Å². The third kappa shape index (κ3) is 6.80. The second-order valence-electron chi connectivity index (χ2n) is 20.8. The van der Waals surface area contributed by atoms with Gasteiger partial charge in [0.25, 0.3) is 0 Å². The second-order valence-corrected chi connectivity index (χ2v) is 20.8. The van der Waals surface area contributed by atoms with Crippen molar-refractivity contribution in [1.82, 2.24) is 9.13 Å². The molecule has 0 atom stereocenters. The SMILES string of the molecule is [C-]#[N+]c1cc(-n2c3ccc(C(C)(C)C)cc3c3cc(C(C)(C)C)ccc32)c(-n2c3ccc(C(C)(C)C)cc3c3cc(C(C)(C)C)ccc32)cc1-c1cc(C)cc(C#N)c1. The summed E-state index contributed by atoms with van der Waals surface area (Å²) < 4.78 is 4.81. The molecule has 4 nitrogen and oxygen atoms in total. The first-order chi connectivity index (χ1) is 27.6. The van der Waals surface area contributed by atoms with Gasteiger partial charge in [-0.05, 0) is 140 Å². The van der Waals surface area contributed by atoms with Crippen molar-refractivity contribution in [1.29, 1.82) is 5.26 Å². The molecule has 0 saturated carbocycles. The number of nitrogens with zero attached hydrogens (tertiary/aromatic N) is 4. The van der Waals surface area contributed by atoms with Crippen molar-refractivity contribution in [2.45, 2.75) is 112 Å². The van der Waals surface area contributed by atoms with Crippen LogP contribution in [0.25, 0.3) is 71.0 Å². The highest BCUT2D eigenvalue weighted by Gasteiger charge is 2.27. The van der Waals surface area contributed by atoms with Crippen molar-refractivity contribution in [3.8, 4) is 28.6 Å². The fraction of sp³-hybridized carbons (Fsp3) is 0.309. The van der Waals surface area contributed by atoms with Crippen LogP contribution in [-0.2, 0) is 21.7 Å². The Bertz CT molecular complexity index is 2960. The smallest absolute Gasteiger partial charge is 0.197 e. The normalized spacial score (nSPS) is 12.8. The van der Waals surface area contributed by atoms with Gasteiger partial charge in [0.1, 0.15) is 0 Å². The zero-order valence-corrected chi connectivity index (χ0v) is 37.1. The van der Waals surface area contributed by atoms with E-state index in [0.29, 0.717) is 11.3 Å². The lowest BCUT2D eigenvalue weighted by Crippen LogP contribution is -2.11. The molecule has 8 rings (SSSR count). The molecule has 2 aromatic heterocycles. The van der Waals surface area contributed by atoms with Gasteiger partial charge in [0, 0.05) is 21.5 Å². The van der Waals surface area contributed by atoms with Crippen molar-refractivity contribution in [2.24, 2.45) is 0 Å². The van der Waals surface area contributed by atoms with Crippen LogP contribution in [0.5, 0.6) is 0 Å². The van der Waals surface area contributed by atoms with Gasteiger partial charge < -0.3 is 9.13 Å². The van der Waals surface area contributed by atoms with Gasteiger partial charge in [-0.2, -0.15) is 5.26 Å². The fourth-order valence-corrected chi connectivity index (χ4v) is 8.68. The van der Waals surface area contributed by atoms with E-state index in [9.17, 15) is 5.26 Å². The van der Waals surface area contributed by atoms with E-state index in [1.807, 2.05) is 19.1 Å². The molecule has 6 aromatic carbocycles. The van der Waals surface area contributed by atoms with Gasteiger partial charge in [0.15, 0.2) is 5.69 Å². The molecule has 8 aromatic rings. The number of aromatic nitrogens is 2. The first-order valence-corrected chi connectivity index (χ1v) is 20.9. The highest BCUT2D eigenvalue weighted by Crippen LogP contribution is 2.45. The molecule has 0 spiro atoms. The van der Waals surface area contributed by atoms with E-state index in [1.54, 1.807) is 0 Å². The molecule has 0 aliphatic rings. The minimum Gasteiger partial charge on any atom is -0.308 e. The van der Waals surface area contributed by atoms with Gasteiger partial charge >= 0.3 is 0 Å². The highest BCUT2D eigenvalue weighted by atomic mass is 15.1. The van der Waals surface area contributed by atoms with Crippen molar-refractivity contribution in [3.63, 3.8) is 0 Å². The first kappa shape index (κ1) is 39.7. The van der Waals surface area contributed by atoms with E-state index in [-0.39, 0.29) is 21.7 Å². The number of nitriles is 1. The average Bonchev–Trinajstić information content (AvgIpc) is 3.67. The molecule has 0 bridgehead atoms. The molecule has 2 heterocycles. The van der Waals surface area contributed by atoms with E-state index in [0.717, 1.165) is 50.1 Å². The third-order valence-electron chi connectivity index (χ3n) is 12.2. The number of benzene rings is 6. The Morgan fingerprint density at radius 1 is 0.475 bits per heavy atom. The van der Waals surface area contributed by atoms with Crippen LogP contribution in [0.3, 0.4) is 0 Å². The van der Waals surface area contributed by atoms with Crippen LogP contribution in [0.15, 0.2) is 103 Å². The molecule has 0 saturated heterocycles. The predicted molar refractivity (Wildman–Crippen MR) is 251 cm³/mol. The number of fused-ring (bicyclic) bond motifs is 6. The van der Waals surface area contributed by atoms with Gasteiger partial charge in [0.2, 0.25) is 0 Å². The molecule has 0 unspecified atom stereocenters. The lowest BCUT2D eigenvalue weighted by molar-refractivity contribution is 0.590. The maximum atomic E-state index is 10.1. The molecule has 0 N–H and O–H groups in total. The van der Waals surface area contributed by atoms with Crippen LogP contribution >= 0.6 is 0 Å². The van der Waals surface area contributed by atoms with Crippen molar-refractivity contribution >= 4 is 49.3 Å². The Labute approximate surface area is 350 Å². The number of aryl methyl sites for hydroxylation is 1. The summed E-state index contributed by atoms with van der Waals surface area (Å²) in [5, 5.41) is 14.9. The zero-order chi connectivity index (χ0) is 42.6. The van der Waals surface area contributed by atoms with Crippen LogP contribution < -0.4 is 0 Å². The minimum absolute atomic E-state index is 0.0365. The lowest BCUT2D eigenvalue weighted by Gasteiger charge is -2.22. The molecule has 0 radical (unpaired) electrons. The minimum atomic E-state index is -0.0374.